The number of hydrogen-bond donors (Lipinski definition) is 1. The van der Waals surface area contributed by atoms with Crippen LogP contribution in [0.15, 0.2) is 53.0 Å². The van der Waals surface area contributed by atoms with Crippen molar-refractivity contribution in [2.45, 2.75) is 6.54 Å². The first kappa shape index (κ1) is 15.3. The Morgan fingerprint density at radius 3 is 2.83 bits per heavy atom. The van der Waals surface area contributed by atoms with E-state index in [1.807, 2.05) is 24.3 Å². The first-order chi connectivity index (χ1) is 11.1. The maximum Gasteiger partial charge on any atom is 0.251 e. The molecule has 0 aliphatic carbocycles. The van der Waals surface area contributed by atoms with Crippen LogP contribution < -0.4 is 5.32 Å². The average molecular weight is 376 g/mol. The van der Waals surface area contributed by atoms with Crippen molar-refractivity contribution in [3.63, 3.8) is 0 Å². The molecular formula is C15H11BrFN5O. The van der Waals surface area contributed by atoms with Gasteiger partial charge in [-0.25, -0.2) is 4.39 Å². The van der Waals surface area contributed by atoms with Crippen molar-refractivity contribution in [2.75, 3.05) is 0 Å². The topological polar surface area (TPSA) is 72.7 Å². The van der Waals surface area contributed by atoms with Crippen LogP contribution >= 0.6 is 15.9 Å². The summed E-state index contributed by atoms with van der Waals surface area (Å²) in [5.74, 6) is -0.391. The summed E-state index contributed by atoms with van der Waals surface area (Å²) < 4.78 is 15.6. The van der Waals surface area contributed by atoms with Crippen molar-refractivity contribution in [3.05, 3.63) is 70.2 Å². The first-order valence-electron chi connectivity index (χ1n) is 6.70. The van der Waals surface area contributed by atoms with E-state index in [0.717, 1.165) is 10.2 Å². The molecule has 1 aromatic heterocycles. The van der Waals surface area contributed by atoms with Crippen LogP contribution in [0.1, 0.15) is 16.2 Å². The molecule has 0 aliphatic heterocycles. The molecular weight excluding hydrogens is 365 g/mol. The lowest BCUT2D eigenvalue weighted by molar-refractivity contribution is 0.0949. The number of amides is 1. The molecule has 0 spiro atoms. The third-order valence-corrected chi connectivity index (χ3v) is 3.57. The second-order valence-corrected chi connectivity index (χ2v) is 5.60. The molecule has 0 radical (unpaired) electrons. The summed E-state index contributed by atoms with van der Waals surface area (Å²) in [6.45, 7) is 0.120. The van der Waals surface area contributed by atoms with E-state index < -0.39 is 11.7 Å². The average Bonchev–Trinajstić information content (AvgIpc) is 3.01. The van der Waals surface area contributed by atoms with Crippen molar-refractivity contribution in [2.24, 2.45) is 0 Å². The smallest absolute Gasteiger partial charge is 0.251 e. The zero-order valence-electron chi connectivity index (χ0n) is 11.8. The first-order valence-corrected chi connectivity index (χ1v) is 7.50. The molecule has 8 heteroatoms. The van der Waals surface area contributed by atoms with Gasteiger partial charge in [-0.3, -0.25) is 4.79 Å². The van der Waals surface area contributed by atoms with Crippen LogP contribution in [0.25, 0.3) is 5.69 Å². The predicted octanol–water partition coefficient (Wildman–Crippen LogP) is 2.49. The summed E-state index contributed by atoms with van der Waals surface area (Å²) >= 11 is 3.38. The zero-order chi connectivity index (χ0) is 16.2. The minimum Gasteiger partial charge on any atom is -0.345 e. The maximum absolute atomic E-state index is 13.1. The van der Waals surface area contributed by atoms with Gasteiger partial charge >= 0.3 is 0 Å². The molecule has 0 unspecified atom stereocenters. The van der Waals surface area contributed by atoms with Gasteiger partial charge < -0.3 is 5.32 Å². The van der Waals surface area contributed by atoms with Gasteiger partial charge in [-0.15, -0.1) is 5.10 Å². The summed E-state index contributed by atoms with van der Waals surface area (Å²) in [6, 6.07) is 12.9. The van der Waals surface area contributed by atoms with Crippen LogP contribution in [0.4, 0.5) is 4.39 Å². The Morgan fingerprint density at radius 2 is 2.04 bits per heavy atom. The van der Waals surface area contributed by atoms with Gasteiger partial charge in [0, 0.05) is 10.0 Å². The molecule has 1 N–H and O–H groups in total. The Hall–Kier alpha value is -2.61. The van der Waals surface area contributed by atoms with Gasteiger partial charge in [0.05, 0.1) is 12.2 Å². The summed E-state index contributed by atoms with van der Waals surface area (Å²) in [7, 11) is 0. The van der Waals surface area contributed by atoms with Crippen molar-refractivity contribution < 1.29 is 9.18 Å². The van der Waals surface area contributed by atoms with Crippen molar-refractivity contribution >= 4 is 21.8 Å². The van der Waals surface area contributed by atoms with Gasteiger partial charge in [-0.05, 0) is 46.8 Å². The molecule has 0 saturated heterocycles. The molecule has 1 amide bonds. The molecule has 0 atom stereocenters. The van der Waals surface area contributed by atoms with Crippen LogP contribution in [-0.2, 0) is 6.54 Å². The third-order valence-electron chi connectivity index (χ3n) is 3.08. The number of nitrogens with one attached hydrogen (secondary N) is 1. The van der Waals surface area contributed by atoms with Crippen LogP contribution in [0.3, 0.4) is 0 Å². The van der Waals surface area contributed by atoms with Crippen molar-refractivity contribution in [1.29, 1.82) is 0 Å². The number of aromatic nitrogens is 4. The van der Waals surface area contributed by atoms with Gasteiger partial charge in [0.25, 0.3) is 5.91 Å². The molecule has 0 saturated carbocycles. The largest absolute Gasteiger partial charge is 0.345 e. The molecule has 23 heavy (non-hydrogen) atoms. The van der Waals surface area contributed by atoms with Gasteiger partial charge in [0.1, 0.15) is 5.82 Å². The Morgan fingerprint density at radius 1 is 1.22 bits per heavy atom. The Bertz CT molecular complexity index is 851. The number of nitrogens with zero attached hydrogens (tertiary/aromatic N) is 4. The number of hydrogen-bond acceptors (Lipinski definition) is 4. The van der Waals surface area contributed by atoms with E-state index >= 15 is 0 Å². The van der Waals surface area contributed by atoms with Crippen LogP contribution in [0.5, 0.6) is 0 Å². The van der Waals surface area contributed by atoms with E-state index in [0.29, 0.717) is 5.82 Å². The molecule has 0 bridgehead atoms. The molecule has 0 aliphatic rings. The summed E-state index contributed by atoms with van der Waals surface area (Å²) in [4.78, 5) is 12.0. The standard InChI is InChI=1S/C15H11BrFN5O/c16-11-4-2-6-13(8-11)22-14(19-20-21-22)9-18-15(23)10-3-1-5-12(17)7-10/h1-8H,9H2,(H,18,23). The second kappa shape index (κ2) is 6.66. The quantitative estimate of drug-likeness (QED) is 0.760. The fourth-order valence-corrected chi connectivity index (χ4v) is 2.40. The minimum absolute atomic E-state index is 0.120. The number of tetrazole rings is 1. The Kier molecular flexibility index (Phi) is 4.42. The molecule has 0 fully saturated rings. The van der Waals surface area contributed by atoms with Crippen molar-refractivity contribution in [1.82, 2.24) is 25.5 Å². The van der Waals surface area contributed by atoms with Crippen LogP contribution in [0, 0.1) is 5.82 Å². The van der Waals surface area contributed by atoms with E-state index in [4.69, 9.17) is 0 Å². The van der Waals surface area contributed by atoms with Gasteiger partial charge in [0.2, 0.25) is 0 Å². The highest BCUT2D eigenvalue weighted by Gasteiger charge is 2.11. The summed E-state index contributed by atoms with van der Waals surface area (Å²) in [5, 5.41) is 14.1. The molecule has 2 aromatic carbocycles. The number of halogens is 2. The fourth-order valence-electron chi connectivity index (χ4n) is 2.02. The third kappa shape index (κ3) is 3.59. The highest BCUT2D eigenvalue weighted by molar-refractivity contribution is 9.10. The SMILES string of the molecule is O=C(NCc1nnnn1-c1cccc(Br)c1)c1cccc(F)c1. The van der Waals surface area contributed by atoms with Crippen LogP contribution in [-0.4, -0.2) is 26.1 Å². The lowest BCUT2D eigenvalue weighted by atomic mass is 10.2. The predicted molar refractivity (Wildman–Crippen MR) is 84.4 cm³/mol. The van der Waals surface area contributed by atoms with Crippen molar-refractivity contribution in [3.8, 4) is 5.69 Å². The highest BCUT2D eigenvalue weighted by Crippen LogP contribution is 2.15. The molecule has 3 aromatic rings. The highest BCUT2D eigenvalue weighted by atomic mass is 79.9. The molecule has 1 heterocycles. The number of carbonyl (C=O) groups excluding carboxylic acids is 1. The van der Waals surface area contributed by atoms with E-state index in [2.05, 4.69) is 36.8 Å². The minimum atomic E-state index is -0.461. The number of carbonyl (C=O) groups is 1. The fraction of sp³-hybridized carbons (Fsp3) is 0.0667. The normalized spacial score (nSPS) is 10.5. The summed E-state index contributed by atoms with van der Waals surface area (Å²) in [6.07, 6.45) is 0. The second-order valence-electron chi connectivity index (χ2n) is 4.68. The summed E-state index contributed by atoms with van der Waals surface area (Å²) in [5.41, 5.74) is 1.01. The van der Waals surface area contributed by atoms with Gasteiger partial charge in [-0.1, -0.05) is 28.1 Å². The van der Waals surface area contributed by atoms with Crippen LogP contribution in [0.2, 0.25) is 0 Å². The van der Waals surface area contributed by atoms with Gasteiger partial charge in [0.15, 0.2) is 5.82 Å². The van der Waals surface area contributed by atoms with E-state index in [-0.39, 0.29) is 12.1 Å². The molecule has 116 valence electrons. The number of rotatable bonds is 4. The lowest BCUT2D eigenvalue weighted by Crippen LogP contribution is -2.24. The lowest BCUT2D eigenvalue weighted by Gasteiger charge is -2.07. The zero-order valence-corrected chi connectivity index (χ0v) is 13.4. The Labute approximate surface area is 139 Å². The molecule has 6 nitrogen and oxygen atoms in total. The monoisotopic (exact) mass is 375 g/mol. The van der Waals surface area contributed by atoms with E-state index in [9.17, 15) is 9.18 Å². The van der Waals surface area contributed by atoms with E-state index in [1.54, 1.807) is 0 Å². The Balaban J connectivity index is 1.75. The maximum atomic E-state index is 13.1. The van der Waals surface area contributed by atoms with Gasteiger partial charge in [-0.2, -0.15) is 4.68 Å². The molecule has 3 rings (SSSR count). The number of benzene rings is 2. The van der Waals surface area contributed by atoms with E-state index in [1.165, 1.54) is 28.9 Å².